The molecule has 0 saturated carbocycles. The smallest absolute Gasteiger partial charge is 0.358 e. The number of para-hydroxylation sites is 1. The summed E-state index contributed by atoms with van der Waals surface area (Å²) in [6.45, 7) is 4.99. The Morgan fingerprint density at radius 1 is 1.33 bits per heavy atom. The number of aromatic carboxylic acids is 1. The molecule has 0 amide bonds. The molecule has 0 aliphatic carbocycles. The lowest BCUT2D eigenvalue weighted by atomic mass is 10.1. The average Bonchev–Trinajstić information content (AvgIpc) is 2.89. The summed E-state index contributed by atoms with van der Waals surface area (Å²) >= 11 is 0. The lowest BCUT2D eigenvalue weighted by Gasteiger charge is -2.10. The van der Waals surface area contributed by atoms with Crippen molar-refractivity contribution in [2.45, 2.75) is 32.7 Å². The van der Waals surface area contributed by atoms with Gasteiger partial charge in [0.25, 0.3) is 0 Å². The SMILES string of the molecule is CC(C)c1c(C(=O)O)nnn1CCCOc1ccccc1. The molecule has 1 aromatic heterocycles. The van der Waals surface area contributed by atoms with Crippen LogP contribution < -0.4 is 4.74 Å². The van der Waals surface area contributed by atoms with Gasteiger partial charge in [-0.15, -0.1) is 5.10 Å². The predicted octanol–water partition coefficient (Wildman–Crippen LogP) is 2.57. The Morgan fingerprint density at radius 3 is 2.67 bits per heavy atom. The van der Waals surface area contributed by atoms with E-state index in [2.05, 4.69) is 10.3 Å². The van der Waals surface area contributed by atoms with Crippen molar-refractivity contribution in [2.75, 3.05) is 6.61 Å². The zero-order valence-electron chi connectivity index (χ0n) is 12.2. The summed E-state index contributed by atoms with van der Waals surface area (Å²) in [6.07, 6.45) is 0.733. The van der Waals surface area contributed by atoms with Gasteiger partial charge in [-0.2, -0.15) is 0 Å². The van der Waals surface area contributed by atoms with Gasteiger partial charge in [-0.1, -0.05) is 37.3 Å². The number of ether oxygens (including phenoxy) is 1. The van der Waals surface area contributed by atoms with Crippen molar-refractivity contribution in [1.82, 2.24) is 15.0 Å². The minimum absolute atomic E-state index is 0.0361. The second-order valence-electron chi connectivity index (χ2n) is 5.02. The van der Waals surface area contributed by atoms with Gasteiger partial charge in [-0.3, -0.25) is 0 Å². The minimum atomic E-state index is -1.04. The van der Waals surface area contributed by atoms with E-state index in [1.807, 2.05) is 44.2 Å². The second-order valence-corrected chi connectivity index (χ2v) is 5.02. The molecule has 2 aromatic rings. The van der Waals surface area contributed by atoms with Crippen molar-refractivity contribution in [3.05, 3.63) is 41.7 Å². The Hall–Kier alpha value is -2.37. The van der Waals surface area contributed by atoms with Gasteiger partial charge in [-0.25, -0.2) is 9.48 Å². The fourth-order valence-corrected chi connectivity index (χ4v) is 2.13. The highest BCUT2D eigenvalue weighted by atomic mass is 16.5. The van der Waals surface area contributed by atoms with Crippen LogP contribution in [0, 0.1) is 0 Å². The number of hydrogen-bond acceptors (Lipinski definition) is 4. The van der Waals surface area contributed by atoms with E-state index in [0.29, 0.717) is 18.8 Å². The molecule has 0 aliphatic rings. The van der Waals surface area contributed by atoms with Crippen LogP contribution >= 0.6 is 0 Å². The normalized spacial score (nSPS) is 10.8. The Balaban J connectivity index is 1.93. The van der Waals surface area contributed by atoms with Gasteiger partial charge >= 0.3 is 5.97 Å². The molecule has 0 bridgehead atoms. The average molecular weight is 289 g/mol. The van der Waals surface area contributed by atoms with Crippen LogP contribution in [0.2, 0.25) is 0 Å². The van der Waals surface area contributed by atoms with Gasteiger partial charge in [0.1, 0.15) is 5.75 Å². The van der Waals surface area contributed by atoms with Crippen molar-refractivity contribution in [3.63, 3.8) is 0 Å². The number of aromatic nitrogens is 3. The maximum atomic E-state index is 11.1. The summed E-state index contributed by atoms with van der Waals surface area (Å²) in [4.78, 5) is 11.1. The van der Waals surface area contributed by atoms with Crippen LogP contribution in [-0.4, -0.2) is 32.7 Å². The summed E-state index contributed by atoms with van der Waals surface area (Å²) in [7, 11) is 0. The first-order chi connectivity index (χ1) is 10.1. The molecular formula is C15H19N3O3. The van der Waals surface area contributed by atoms with E-state index in [0.717, 1.165) is 12.2 Å². The summed E-state index contributed by atoms with van der Waals surface area (Å²) in [5, 5.41) is 16.8. The summed E-state index contributed by atoms with van der Waals surface area (Å²) < 4.78 is 7.26. The second kappa shape index (κ2) is 6.88. The van der Waals surface area contributed by atoms with Gasteiger partial charge < -0.3 is 9.84 Å². The molecule has 1 heterocycles. The van der Waals surface area contributed by atoms with Crippen LogP contribution in [0.25, 0.3) is 0 Å². The predicted molar refractivity (Wildman–Crippen MR) is 77.6 cm³/mol. The number of carboxylic acid groups (broad SMARTS) is 1. The largest absolute Gasteiger partial charge is 0.494 e. The van der Waals surface area contributed by atoms with Crippen molar-refractivity contribution in [2.24, 2.45) is 0 Å². The third-order valence-corrected chi connectivity index (χ3v) is 3.05. The Bertz CT molecular complexity index is 593. The third kappa shape index (κ3) is 3.81. The van der Waals surface area contributed by atoms with Crippen molar-refractivity contribution >= 4 is 5.97 Å². The highest BCUT2D eigenvalue weighted by Gasteiger charge is 2.21. The van der Waals surface area contributed by atoms with Gasteiger partial charge in [0.15, 0.2) is 5.69 Å². The van der Waals surface area contributed by atoms with Gasteiger partial charge in [0, 0.05) is 13.0 Å². The fourth-order valence-electron chi connectivity index (χ4n) is 2.13. The number of carboxylic acids is 1. The summed E-state index contributed by atoms with van der Waals surface area (Å²) in [5.41, 5.74) is 0.691. The zero-order chi connectivity index (χ0) is 15.2. The molecule has 0 radical (unpaired) electrons. The number of aryl methyl sites for hydroxylation is 1. The molecule has 6 heteroatoms. The topological polar surface area (TPSA) is 77.2 Å². The quantitative estimate of drug-likeness (QED) is 0.793. The molecule has 6 nitrogen and oxygen atoms in total. The molecule has 0 atom stereocenters. The molecule has 0 unspecified atom stereocenters. The van der Waals surface area contributed by atoms with Crippen LogP contribution in [0.15, 0.2) is 30.3 Å². The number of rotatable bonds is 7. The van der Waals surface area contributed by atoms with E-state index in [1.165, 1.54) is 0 Å². The van der Waals surface area contributed by atoms with Crippen molar-refractivity contribution < 1.29 is 14.6 Å². The maximum Gasteiger partial charge on any atom is 0.358 e. The molecule has 21 heavy (non-hydrogen) atoms. The first-order valence-electron chi connectivity index (χ1n) is 6.94. The van der Waals surface area contributed by atoms with Crippen LogP contribution in [0.1, 0.15) is 42.4 Å². The lowest BCUT2D eigenvalue weighted by Crippen LogP contribution is -2.12. The van der Waals surface area contributed by atoms with E-state index < -0.39 is 5.97 Å². The molecule has 1 aromatic carbocycles. The van der Waals surface area contributed by atoms with E-state index in [-0.39, 0.29) is 11.6 Å². The molecule has 112 valence electrons. The zero-order valence-corrected chi connectivity index (χ0v) is 12.2. The van der Waals surface area contributed by atoms with E-state index in [9.17, 15) is 4.79 Å². The van der Waals surface area contributed by atoms with Gasteiger partial charge in [0.05, 0.1) is 12.3 Å². The Morgan fingerprint density at radius 2 is 2.05 bits per heavy atom. The van der Waals surface area contributed by atoms with Gasteiger partial charge in [-0.05, 0) is 18.1 Å². The molecule has 0 saturated heterocycles. The molecular weight excluding hydrogens is 270 g/mol. The number of benzene rings is 1. The molecule has 0 fully saturated rings. The first-order valence-corrected chi connectivity index (χ1v) is 6.94. The summed E-state index contributed by atoms with van der Waals surface area (Å²) in [5.74, 6) is -0.155. The Kier molecular flexibility index (Phi) is 4.92. The number of nitrogens with zero attached hydrogens (tertiary/aromatic N) is 3. The third-order valence-electron chi connectivity index (χ3n) is 3.05. The number of hydrogen-bond donors (Lipinski definition) is 1. The van der Waals surface area contributed by atoms with E-state index in [4.69, 9.17) is 9.84 Å². The molecule has 2 rings (SSSR count). The maximum absolute atomic E-state index is 11.1. The van der Waals surface area contributed by atoms with E-state index in [1.54, 1.807) is 4.68 Å². The standard InChI is InChI=1S/C15H19N3O3/c1-11(2)14-13(15(19)20)16-17-18(14)9-6-10-21-12-7-4-3-5-8-12/h3-5,7-8,11H,6,9-10H2,1-2H3,(H,19,20). The molecule has 0 spiro atoms. The minimum Gasteiger partial charge on any atom is -0.494 e. The molecule has 1 N–H and O–H groups in total. The Labute approximate surface area is 123 Å². The highest BCUT2D eigenvalue weighted by molar-refractivity contribution is 5.86. The van der Waals surface area contributed by atoms with Crippen molar-refractivity contribution in [3.8, 4) is 5.75 Å². The van der Waals surface area contributed by atoms with Crippen LogP contribution in [0.4, 0.5) is 0 Å². The lowest BCUT2D eigenvalue weighted by molar-refractivity contribution is 0.0688. The fraction of sp³-hybridized carbons (Fsp3) is 0.400. The van der Waals surface area contributed by atoms with E-state index >= 15 is 0 Å². The highest BCUT2D eigenvalue weighted by Crippen LogP contribution is 2.18. The van der Waals surface area contributed by atoms with Crippen LogP contribution in [-0.2, 0) is 6.54 Å². The van der Waals surface area contributed by atoms with Crippen LogP contribution in [0.3, 0.4) is 0 Å². The molecule has 0 aliphatic heterocycles. The monoisotopic (exact) mass is 289 g/mol. The van der Waals surface area contributed by atoms with Crippen molar-refractivity contribution in [1.29, 1.82) is 0 Å². The summed E-state index contributed by atoms with van der Waals surface area (Å²) in [6, 6.07) is 9.57. The van der Waals surface area contributed by atoms with Crippen LogP contribution in [0.5, 0.6) is 5.75 Å². The first kappa shape index (κ1) is 15.0. The van der Waals surface area contributed by atoms with Gasteiger partial charge in [0.2, 0.25) is 0 Å². The number of carbonyl (C=O) groups is 1.